The fourth-order valence-corrected chi connectivity index (χ4v) is 3.95. The second-order valence-corrected chi connectivity index (χ2v) is 7.12. The Hall–Kier alpha value is -1.52. The Morgan fingerprint density at radius 2 is 2.22 bits per heavy atom. The van der Waals surface area contributed by atoms with Gasteiger partial charge in [-0.1, -0.05) is 11.6 Å². The molecule has 2 N–H and O–H groups in total. The number of carbonyl (C=O) groups is 1. The van der Waals surface area contributed by atoms with Crippen LogP contribution in [0.2, 0.25) is 5.02 Å². The van der Waals surface area contributed by atoms with Crippen molar-refractivity contribution in [1.29, 1.82) is 0 Å². The lowest BCUT2D eigenvalue weighted by Gasteiger charge is -2.36. The van der Waals surface area contributed by atoms with Gasteiger partial charge < -0.3 is 15.0 Å². The number of carbonyl (C=O) groups excluding carboxylic acids is 1. The van der Waals surface area contributed by atoms with E-state index in [1.54, 1.807) is 0 Å². The molecule has 1 aromatic carbocycles. The van der Waals surface area contributed by atoms with E-state index in [9.17, 15) is 4.79 Å². The summed E-state index contributed by atoms with van der Waals surface area (Å²) in [5, 5.41) is 5.17. The number of halogens is 1. The quantitative estimate of drug-likeness (QED) is 0.901. The van der Waals surface area contributed by atoms with E-state index < -0.39 is 0 Å². The van der Waals surface area contributed by atoms with E-state index in [4.69, 9.17) is 16.3 Å². The second-order valence-electron chi connectivity index (χ2n) is 6.71. The molecule has 2 aromatic rings. The van der Waals surface area contributed by atoms with Crippen molar-refractivity contribution in [3.63, 3.8) is 0 Å². The molecule has 0 unspecified atom stereocenters. The number of aromatic amines is 1. The average Bonchev–Trinajstić information content (AvgIpc) is 3.15. The number of hydrogen-bond acceptors (Lipinski definition) is 2. The lowest BCUT2D eigenvalue weighted by atomic mass is 9.75. The van der Waals surface area contributed by atoms with Crippen LogP contribution in [0.25, 0.3) is 10.9 Å². The van der Waals surface area contributed by atoms with Crippen LogP contribution in [0.3, 0.4) is 0 Å². The Bertz CT molecular complexity index is 743. The molecule has 0 bridgehead atoms. The van der Waals surface area contributed by atoms with Crippen LogP contribution in [0, 0.1) is 6.92 Å². The molecule has 1 aliphatic heterocycles. The first-order valence-electron chi connectivity index (χ1n) is 8.31. The first kappa shape index (κ1) is 15.0. The predicted octanol–water partition coefficient (Wildman–Crippen LogP) is 3.67. The summed E-state index contributed by atoms with van der Waals surface area (Å²) < 4.78 is 5.44. The van der Waals surface area contributed by atoms with Crippen molar-refractivity contribution in [2.24, 2.45) is 0 Å². The molecule has 4 nitrogen and oxygen atoms in total. The largest absolute Gasteiger partial charge is 0.368 e. The minimum atomic E-state index is -0.233. The molecule has 1 saturated carbocycles. The number of hydrogen-bond donors (Lipinski definition) is 2. The highest BCUT2D eigenvalue weighted by molar-refractivity contribution is 6.32. The number of aromatic nitrogens is 1. The van der Waals surface area contributed by atoms with Crippen molar-refractivity contribution in [3.05, 3.63) is 34.5 Å². The number of fused-ring (bicyclic) bond motifs is 1. The maximum atomic E-state index is 12.1. The summed E-state index contributed by atoms with van der Waals surface area (Å²) in [5.74, 6) is 0.541. The summed E-state index contributed by atoms with van der Waals surface area (Å²) in [6.45, 7) is 2.78. The van der Waals surface area contributed by atoms with E-state index in [-0.39, 0.29) is 18.1 Å². The highest BCUT2D eigenvalue weighted by Gasteiger charge is 2.35. The van der Waals surface area contributed by atoms with Crippen molar-refractivity contribution in [1.82, 2.24) is 10.3 Å². The van der Waals surface area contributed by atoms with Crippen molar-refractivity contribution in [2.45, 2.75) is 50.7 Å². The van der Waals surface area contributed by atoms with Gasteiger partial charge >= 0.3 is 0 Å². The van der Waals surface area contributed by atoms with Gasteiger partial charge in [0.15, 0.2) is 0 Å². The van der Waals surface area contributed by atoms with Crippen molar-refractivity contribution < 1.29 is 9.53 Å². The van der Waals surface area contributed by atoms with Crippen molar-refractivity contribution in [3.8, 4) is 0 Å². The summed E-state index contributed by atoms with van der Waals surface area (Å²) in [6.07, 6.45) is 5.66. The number of H-pyrrole nitrogens is 1. The standard InChI is InChI=1S/C18H21ClN2O2/c1-10-14(19)4-5-15-17(10)13(9-20-15)11-7-12(8-11)21-18(22)16-3-2-6-23-16/h4-5,9,11-12,16,20H,2-3,6-8H2,1H3,(H,21,22)/t11?,12?,16-/m0/s1. The number of rotatable bonds is 3. The van der Waals surface area contributed by atoms with E-state index in [0.29, 0.717) is 12.5 Å². The molecule has 1 aliphatic carbocycles. The topological polar surface area (TPSA) is 54.1 Å². The van der Waals surface area contributed by atoms with Crippen LogP contribution in [0.5, 0.6) is 0 Å². The average molecular weight is 333 g/mol. The molecule has 0 radical (unpaired) electrons. The van der Waals surface area contributed by atoms with Gasteiger partial charge in [0, 0.05) is 34.8 Å². The van der Waals surface area contributed by atoms with Gasteiger partial charge in [0.2, 0.25) is 5.91 Å². The zero-order valence-electron chi connectivity index (χ0n) is 13.2. The van der Waals surface area contributed by atoms with Crippen molar-refractivity contribution in [2.75, 3.05) is 6.61 Å². The summed E-state index contributed by atoms with van der Waals surface area (Å²) >= 11 is 6.27. The maximum Gasteiger partial charge on any atom is 0.249 e. The fourth-order valence-electron chi connectivity index (χ4n) is 3.80. The van der Waals surface area contributed by atoms with Gasteiger partial charge in [-0.25, -0.2) is 0 Å². The Kier molecular flexibility index (Phi) is 3.82. The Labute approximate surface area is 140 Å². The van der Waals surface area contributed by atoms with Gasteiger partial charge in [-0.15, -0.1) is 0 Å². The van der Waals surface area contributed by atoms with E-state index in [2.05, 4.69) is 23.4 Å². The molecule has 5 heteroatoms. The number of amides is 1. The first-order chi connectivity index (χ1) is 11.1. The van der Waals surface area contributed by atoms with Crippen molar-refractivity contribution >= 4 is 28.4 Å². The van der Waals surface area contributed by atoms with E-state index in [1.807, 2.05) is 12.1 Å². The molecule has 2 heterocycles. The molecule has 1 atom stereocenters. The van der Waals surface area contributed by atoms with Crippen LogP contribution < -0.4 is 5.32 Å². The molecule has 2 aliphatic rings. The van der Waals surface area contributed by atoms with Gasteiger partial charge in [0.25, 0.3) is 0 Å². The van der Waals surface area contributed by atoms with Gasteiger partial charge in [0.1, 0.15) is 6.10 Å². The monoisotopic (exact) mass is 332 g/mol. The van der Waals surface area contributed by atoms with E-state index in [1.165, 1.54) is 10.9 Å². The summed E-state index contributed by atoms with van der Waals surface area (Å²) in [4.78, 5) is 15.4. The molecule has 1 amide bonds. The zero-order valence-corrected chi connectivity index (χ0v) is 14.0. The normalized spacial score (nSPS) is 27.1. The lowest BCUT2D eigenvalue weighted by Crippen LogP contribution is -2.47. The number of nitrogens with one attached hydrogen (secondary N) is 2. The van der Waals surface area contributed by atoms with Gasteiger partial charge in [-0.3, -0.25) is 4.79 Å². The van der Waals surface area contributed by atoms with Gasteiger partial charge in [0.05, 0.1) is 0 Å². The molecule has 4 rings (SSSR count). The highest BCUT2D eigenvalue weighted by atomic mass is 35.5. The number of aryl methyl sites for hydroxylation is 1. The summed E-state index contributed by atoms with van der Waals surface area (Å²) in [7, 11) is 0. The lowest BCUT2D eigenvalue weighted by molar-refractivity contribution is -0.131. The molecule has 122 valence electrons. The third-order valence-electron chi connectivity index (χ3n) is 5.22. The molecule has 0 spiro atoms. The number of benzene rings is 1. The fraction of sp³-hybridized carbons (Fsp3) is 0.500. The van der Waals surface area contributed by atoms with Crippen LogP contribution in [0.1, 0.15) is 42.7 Å². The zero-order chi connectivity index (χ0) is 16.0. The smallest absolute Gasteiger partial charge is 0.249 e. The van der Waals surface area contributed by atoms with Crippen LogP contribution in [0.15, 0.2) is 18.3 Å². The van der Waals surface area contributed by atoms with E-state index >= 15 is 0 Å². The predicted molar refractivity (Wildman–Crippen MR) is 90.9 cm³/mol. The number of ether oxygens (including phenoxy) is 1. The maximum absolute atomic E-state index is 12.1. The SMILES string of the molecule is Cc1c(Cl)ccc2[nH]cc(C3CC(NC(=O)[C@@H]4CCCO4)C3)c12. The Balaban J connectivity index is 1.44. The Morgan fingerprint density at radius 1 is 1.39 bits per heavy atom. The summed E-state index contributed by atoms with van der Waals surface area (Å²) in [6, 6.07) is 4.23. The second kappa shape index (κ2) is 5.84. The Morgan fingerprint density at radius 3 is 2.96 bits per heavy atom. The molecule has 1 aromatic heterocycles. The van der Waals surface area contributed by atoms with Crippen LogP contribution >= 0.6 is 11.6 Å². The molecular formula is C18H21ClN2O2. The van der Waals surface area contributed by atoms with E-state index in [0.717, 1.165) is 41.8 Å². The summed E-state index contributed by atoms with van der Waals surface area (Å²) in [5.41, 5.74) is 3.59. The molecule has 1 saturated heterocycles. The minimum Gasteiger partial charge on any atom is -0.368 e. The van der Waals surface area contributed by atoms with Crippen LogP contribution in [-0.2, 0) is 9.53 Å². The highest BCUT2D eigenvalue weighted by Crippen LogP contribution is 2.42. The van der Waals surface area contributed by atoms with Crippen LogP contribution in [0.4, 0.5) is 0 Å². The minimum absolute atomic E-state index is 0.0594. The van der Waals surface area contributed by atoms with Gasteiger partial charge in [-0.2, -0.15) is 0 Å². The third-order valence-corrected chi connectivity index (χ3v) is 5.63. The van der Waals surface area contributed by atoms with Crippen LogP contribution in [-0.4, -0.2) is 29.6 Å². The molecule has 23 heavy (non-hydrogen) atoms. The first-order valence-corrected chi connectivity index (χ1v) is 8.69. The third kappa shape index (κ3) is 2.64. The molecular weight excluding hydrogens is 312 g/mol. The molecule has 2 fully saturated rings. The van der Waals surface area contributed by atoms with Gasteiger partial charge in [-0.05, 0) is 61.8 Å².